The highest BCUT2D eigenvalue weighted by Gasteiger charge is 2.66. The first-order valence-electron chi connectivity index (χ1n) is 4.92. The molecule has 0 aromatic rings. The first-order chi connectivity index (χ1) is 6.64. The van der Waals surface area contributed by atoms with Crippen molar-refractivity contribution in [3.05, 3.63) is 0 Å². The van der Waals surface area contributed by atoms with Crippen molar-refractivity contribution in [2.45, 2.75) is 29.8 Å². The molecule has 0 aromatic heterocycles. The molecule has 2 heterocycles. The van der Waals surface area contributed by atoms with Gasteiger partial charge in [0, 0.05) is 5.92 Å². The standard InChI is InChI=1S/C9H13ClO4/c10-7-6(11)4-1-2-13-8-5(4)9(7,12)3-14-8/h4-8,11-12H,1-3H2/t4-,5-,6?,7?,8?,9+/m0/s1. The Labute approximate surface area is 86.8 Å². The van der Waals surface area contributed by atoms with E-state index in [0.29, 0.717) is 6.61 Å². The van der Waals surface area contributed by atoms with Crippen molar-refractivity contribution in [1.29, 1.82) is 0 Å². The van der Waals surface area contributed by atoms with Gasteiger partial charge in [0.25, 0.3) is 0 Å². The summed E-state index contributed by atoms with van der Waals surface area (Å²) in [6, 6.07) is 0. The minimum Gasteiger partial charge on any atom is -0.391 e. The molecule has 0 spiro atoms. The molecule has 4 nitrogen and oxygen atoms in total. The average Bonchev–Trinajstić information content (AvgIpc) is 2.63. The minimum atomic E-state index is -1.10. The molecule has 3 fully saturated rings. The Kier molecular flexibility index (Phi) is 1.89. The van der Waals surface area contributed by atoms with Crippen LogP contribution in [0.5, 0.6) is 0 Å². The molecule has 0 bridgehead atoms. The molecule has 5 heteroatoms. The zero-order valence-corrected chi connectivity index (χ0v) is 8.35. The first kappa shape index (κ1) is 9.36. The van der Waals surface area contributed by atoms with Crippen molar-refractivity contribution < 1.29 is 19.7 Å². The van der Waals surface area contributed by atoms with E-state index in [4.69, 9.17) is 21.1 Å². The lowest BCUT2D eigenvalue weighted by Crippen LogP contribution is -2.44. The molecule has 0 aromatic carbocycles. The molecule has 0 radical (unpaired) electrons. The van der Waals surface area contributed by atoms with Gasteiger partial charge in [0.05, 0.1) is 24.7 Å². The lowest BCUT2D eigenvalue weighted by Gasteiger charge is -2.32. The van der Waals surface area contributed by atoms with Crippen molar-refractivity contribution in [1.82, 2.24) is 0 Å². The molecule has 1 aliphatic carbocycles. The Balaban J connectivity index is 2.00. The number of aliphatic hydroxyl groups excluding tert-OH is 1. The summed E-state index contributed by atoms with van der Waals surface area (Å²) in [6.07, 6.45) is -0.267. The molecular formula is C9H13ClO4. The molecule has 3 unspecified atom stereocenters. The summed E-state index contributed by atoms with van der Waals surface area (Å²) in [6.45, 7) is 0.743. The fourth-order valence-corrected chi connectivity index (χ4v) is 3.43. The van der Waals surface area contributed by atoms with Crippen LogP contribution in [0.3, 0.4) is 0 Å². The van der Waals surface area contributed by atoms with Gasteiger partial charge in [-0.3, -0.25) is 0 Å². The maximum atomic E-state index is 10.3. The molecule has 2 aliphatic heterocycles. The van der Waals surface area contributed by atoms with Crippen LogP contribution in [0.1, 0.15) is 6.42 Å². The topological polar surface area (TPSA) is 58.9 Å². The van der Waals surface area contributed by atoms with Gasteiger partial charge in [-0.2, -0.15) is 0 Å². The van der Waals surface area contributed by atoms with E-state index in [1.54, 1.807) is 0 Å². The Morgan fingerprint density at radius 2 is 2.14 bits per heavy atom. The number of hydrogen-bond acceptors (Lipinski definition) is 4. The van der Waals surface area contributed by atoms with Crippen LogP contribution in [-0.2, 0) is 9.47 Å². The van der Waals surface area contributed by atoms with Gasteiger partial charge in [0.15, 0.2) is 6.29 Å². The van der Waals surface area contributed by atoms with E-state index in [9.17, 15) is 10.2 Å². The highest BCUT2D eigenvalue weighted by molar-refractivity contribution is 6.22. The third-order valence-electron chi connectivity index (χ3n) is 3.76. The highest BCUT2D eigenvalue weighted by Crippen LogP contribution is 2.53. The predicted octanol–water partition coefficient (Wildman–Crippen LogP) is -0.292. The van der Waals surface area contributed by atoms with Gasteiger partial charge in [-0.1, -0.05) is 0 Å². The summed E-state index contributed by atoms with van der Waals surface area (Å²) >= 11 is 6.04. The third-order valence-corrected chi connectivity index (χ3v) is 4.40. The van der Waals surface area contributed by atoms with E-state index in [1.807, 2.05) is 0 Å². The van der Waals surface area contributed by atoms with E-state index in [-0.39, 0.29) is 24.7 Å². The number of rotatable bonds is 0. The Hall–Kier alpha value is 0.130. The number of alkyl halides is 1. The van der Waals surface area contributed by atoms with Crippen LogP contribution in [0.15, 0.2) is 0 Å². The minimum absolute atomic E-state index is 0.0174. The first-order valence-corrected chi connectivity index (χ1v) is 5.36. The molecule has 80 valence electrons. The van der Waals surface area contributed by atoms with Gasteiger partial charge in [-0.05, 0) is 12.3 Å². The van der Waals surface area contributed by atoms with Crippen LogP contribution in [-0.4, -0.2) is 46.8 Å². The van der Waals surface area contributed by atoms with Gasteiger partial charge < -0.3 is 19.7 Å². The number of hydrogen-bond donors (Lipinski definition) is 2. The molecule has 3 rings (SSSR count). The zero-order valence-electron chi connectivity index (χ0n) is 7.60. The maximum absolute atomic E-state index is 10.3. The van der Waals surface area contributed by atoms with Gasteiger partial charge in [-0.25, -0.2) is 0 Å². The number of halogens is 1. The van der Waals surface area contributed by atoms with Crippen molar-refractivity contribution >= 4 is 11.6 Å². The van der Waals surface area contributed by atoms with E-state index in [1.165, 1.54) is 0 Å². The smallest absolute Gasteiger partial charge is 0.163 e. The van der Waals surface area contributed by atoms with Gasteiger partial charge >= 0.3 is 0 Å². The number of ether oxygens (including phenoxy) is 2. The summed E-state index contributed by atoms with van der Waals surface area (Å²) < 4.78 is 10.7. The van der Waals surface area contributed by atoms with Crippen LogP contribution in [0.4, 0.5) is 0 Å². The molecular weight excluding hydrogens is 208 g/mol. The fraction of sp³-hybridized carbons (Fsp3) is 1.00. The summed E-state index contributed by atoms with van der Waals surface area (Å²) in [7, 11) is 0. The summed E-state index contributed by atoms with van der Waals surface area (Å²) in [5.41, 5.74) is -1.10. The summed E-state index contributed by atoms with van der Waals surface area (Å²) in [4.78, 5) is 0. The summed E-state index contributed by atoms with van der Waals surface area (Å²) in [5.74, 6) is -0.141. The fourth-order valence-electron chi connectivity index (χ4n) is 3.03. The van der Waals surface area contributed by atoms with E-state index in [2.05, 4.69) is 0 Å². The SMILES string of the molecule is OC1C(Cl)[C@@]2(O)COC3OCC[C@H]1[C@@H]32. The van der Waals surface area contributed by atoms with E-state index >= 15 is 0 Å². The van der Waals surface area contributed by atoms with Gasteiger partial charge in [0.1, 0.15) is 5.60 Å². The highest BCUT2D eigenvalue weighted by atomic mass is 35.5. The van der Waals surface area contributed by atoms with Crippen molar-refractivity contribution in [2.24, 2.45) is 11.8 Å². The maximum Gasteiger partial charge on any atom is 0.163 e. The van der Waals surface area contributed by atoms with Crippen molar-refractivity contribution in [3.8, 4) is 0 Å². The second-order valence-electron chi connectivity index (χ2n) is 4.41. The normalized spacial score (nSPS) is 61.5. The van der Waals surface area contributed by atoms with E-state index < -0.39 is 17.1 Å². The predicted molar refractivity (Wildman–Crippen MR) is 47.9 cm³/mol. The van der Waals surface area contributed by atoms with Gasteiger partial charge in [-0.15, -0.1) is 11.6 Å². The molecule has 3 aliphatic rings. The Morgan fingerprint density at radius 3 is 2.93 bits per heavy atom. The molecule has 1 saturated carbocycles. The quantitative estimate of drug-likeness (QED) is 0.551. The largest absolute Gasteiger partial charge is 0.391 e. The van der Waals surface area contributed by atoms with Crippen LogP contribution >= 0.6 is 11.6 Å². The second-order valence-corrected chi connectivity index (χ2v) is 4.88. The molecule has 2 saturated heterocycles. The second kappa shape index (κ2) is 2.83. The monoisotopic (exact) mass is 220 g/mol. The van der Waals surface area contributed by atoms with Crippen LogP contribution in [0.25, 0.3) is 0 Å². The van der Waals surface area contributed by atoms with Crippen molar-refractivity contribution in [3.63, 3.8) is 0 Å². The molecule has 0 amide bonds. The van der Waals surface area contributed by atoms with E-state index in [0.717, 1.165) is 6.42 Å². The van der Waals surface area contributed by atoms with Crippen LogP contribution in [0.2, 0.25) is 0 Å². The van der Waals surface area contributed by atoms with Crippen LogP contribution in [0, 0.1) is 11.8 Å². The average molecular weight is 221 g/mol. The molecule has 2 N–H and O–H groups in total. The van der Waals surface area contributed by atoms with Crippen LogP contribution < -0.4 is 0 Å². The summed E-state index contributed by atoms with van der Waals surface area (Å²) in [5, 5.41) is 19.5. The third kappa shape index (κ3) is 0.933. The van der Waals surface area contributed by atoms with Crippen molar-refractivity contribution in [2.75, 3.05) is 13.2 Å². The lowest BCUT2D eigenvalue weighted by atomic mass is 9.84. The van der Waals surface area contributed by atoms with Gasteiger partial charge in [0.2, 0.25) is 0 Å². The zero-order chi connectivity index (χ0) is 9.92. The molecule has 14 heavy (non-hydrogen) atoms. The lowest BCUT2D eigenvalue weighted by molar-refractivity contribution is -0.174. The number of aliphatic hydroxyl groups is 2. The Bertz CT molecular complexity index is 261. The Morgan fingerprint density at radius 1 is 1.36 bits per heavy atom. The molecule has 6 atom stereocenters.